The molecule has 0 radical (unpaired) electrons. The molecule has 2 aromatic carbocycles. The first-order valence-electron chi connectivity index (χ1n) is 5.50. The monoisotopic (exact) mass is 355 g/mol. The highest BCUT2D eigenvalue weighted by atomic mass is 79.9. The van der Waals surface area contributed by atoms with Crippen molar-refractivity contribution >= 4 is 50.9 Å². The molecular weight excluding hydrogens is 346 g/mol. The number of hydrogen-bond donors (Lipinski definition) is 1. The molecule has 0 unspecified atom stereocenters. The summed E-state index contributed by atoms with van der Waals surface area (Å²) in [4.78, 5) is 13.2. The van der Waals surface area contributed by atoms with Crippen LogP contribution in [-0.2, 0) is 0 Å². The summed E-state index contributed by atoms with van der Waals surface area (Å²) in [6.07, 6.45) is 2.00. The average Bonchev–Trinajstić information content (AvgIpc) is 2.43. The Morgan fingerprint density at radius 1 is 1.21 bits per heavy atom. The predicted octanol–water partition coefficient (Wildman–Crippen LogP) is 5.08. The van der Waals surface area contributed by atoms with Crippen LogP contribution in [0.25, 0.3) is 0 Å². The van der Waals surface area contributed by atoms with Crippen molar-refractivity contribution in [1.29, 1.82) is 0 Å². The zero-order chi connectivity index (χ0) is 13.8. The number of halogens is 2. The molecule has 2 rings (SSSR count). The quantitative estimate of drug-likeness (QED) is 0.777. The lowest BCUT2D eigenvalue weighted by Crippen LogP contribution is -2.11. The molecule has 1 N–H and O–H groups in total. The molecule has 0 aromatic heterocycles. The number of carbonyl (C=O) groups excluding carboxylic acids is 1. The lowest BCUT2D eigenvalue weighted by molar-refractivity contribution is 0.102. The van der Waals surface area contributed by atoms with Crippen LogP contribution >= 0.6 is 39.3 Å². The fraction of sp³-hybridized carbons (Fsp3) is 0.0714. The first kappa shape index (κ1) is 14.4. The zero-order valence-electron chi connectivity index (χ0n) is 10.1. The van der Waals surface area contributed by atoms with E-state index >= 15 is 0 Å². The lowest BCUT2D eigenvalue weighted by atomic mass is 10.2. The second-order valence-electron chi connectivity index (χ2n) is 3.81. The normalized spacial score (nSPS) is 10.3. The molecule has 2 nitrogen and oxygen atoms in total. The Balaban J connectivity index is 2.13. The number of anilines is 1. The van der Waals surface area contributed by atoms with Gasteiger partial charge in [-0.15, -0.1) is 11.8 Å². The molecule has 0 aliphatic carbocycles. The minimum Gasteiger partial charge on any atom is -0.322 e. The number of thioether (sulfide) groups is 1. The van der Waals surface area contributed by atoms with Crippen molar-refractivity contribution in [3.63, 3.8) is 0 Å². The van der Waals surface area contributed by atoms with Crippen LogP contribution in [0.3, 0.4) is 0 Å². The van der Waals surface area contributed by atoms with Crippen molar-refractivity contribution in [3.8, 4) is 0 Å². The Bertz CT molecular complexity index is 601. The van der Waals surface area contributed by atoms with Crippen molar-refractivity contribution in [2.45, 2.75) is 4.90 Å². The molecule has 5 heteroatoms. The van der Waals surface area contributed by atoms with Gasteiger partial charge >= 0.3 is 0 Å². The maximum Gasteiger partial charge on any atom is 0.255 e. The topological polar surface area (TPSA) is 29.1 Å². The average molecular weight is 357 g/mol. The zero-order valence-corrected chi connectivity index (χ0v) is 13.3. The Kier molecular flexibility index (Phi) is 4.91. The summed E-state index contributed by atoms with van der Waals surface area (Å²) in [5.74, 6) is -0.147. The molecule has 0 aliphatic rings. The minimum absolute atomic E-state index is 0.147. The molecule has 98 valence electrons. The maximum atomic E-state index is 12.0. The van der Waals surface area contributed by atoms with E-state index in [2.05, 4.69) is 21.2 Å². The smallest absolute Gasteiger partial charge is 0.255 e. The minimum atomic E-state index is -0.147. The number of rotatable bonds is 3. The molecule has 2 aromatic rings. The molecule has 1 amide bonds. The summed E-state index contributed by atoms with van der Waals surface area (Å²) in [6.45, 7) is 0. The molecule has 0 heterocycles. The molecule has 0 aliphatic heterocycles. The van der Waals surface area contributed by atoms with Gasteiger partial charge < -0.3 is 5.32 Å². The summed E-state index contributed by atoms with van der Waals surface area (Å²) in [6, 6.07) is 12.8. The Morgan fingerprint density at radius 3 is 2.47 bits per heavy atom. The third-order valence-corrected chi connectivity index (χ3v) is 4.51. The molecular formula is C14H11BrClNOS. The van der Waals surface area contributed by atoms with Gasteiger partial charge in [-0.2, -0.15) is 0 Å². The summed E-state index contributed by atoms with van der Waals surface area (Å²) in [5, 5.41) is 3.38. The standard InChI is InChI=1S/C14H11BrClNOS/c1-19-11-5-2-9(3-6-11)14(18)17-10-4-7-12(15)13(16)8-10/h2-8H,1H3,(H,17,18). The number of amides is 1. The van der Waals surface area contributed by atoms with Gasteiger partial charge in [-0.1, -0.05) is 11.6 Å². The van der Waals surface area contributed by atoms with Crippen molar-refractivity contribution in [1.82, 2.24) is 0 Å². The Hall–Kier alpha value is -0.970. The van der Waals surface area contributed by atoms with Crippen LogP contribution in [0.5, 0.6) is 0 Å². The van der Waals surface area contributed by atoms with Crippen LogP contribution in [0.1, 0.15) is 10.4 Å². The first-order chi connectivity index (χ1) is 9.10. The van der Waals surface area contributed by atoms with Crippen LogP contribution in [0.15, 0.2) is 51.8 Å². The van der Waals surface area contributed by atoms with Gasteiger partial charge in [-0.25, -0.2) is 0 Å². The van der Waals surface area contributed by atoms with Gasteiger partial charge in [0, 0.05) is 20.6 Å². The van der Waals surface area contributed by atoms with E-state index < -0.39 is 0 Å². The van der Waals surface area contributed by atoms with E-state index in [1.165, 1.54) is 0 Å². The highest BCUT2D eigenvalue weighted by molar-refractivity contribution is 9.10. The highest BCUT2D eigenvalue weighted by Crippen LogP contribution is 2.25. The van der Waals surface area contributed by atoms with Gasteiger partial charge in [0.2, 0.25) is 0 Å². The third kappa shape index (κ3) is 3.75. The van der Waals surface area contributed by atoms with Gasteiger partial charge in [-0.05, 0) is 64.7 Å². The fourth-order valence-corrected chi connectivity index (χ4v) is 2.35. The number of hydrogen-bond acceptors (Lipinski definition) is 2. The van der Waals surface area contributed by atoms with E-state index in [-0.39, 0.29) is 5.91 Å². The van der Waals surface area contributed by atoms with E-state index in [1.54, 1.807) is 30.0 Å². The van der Waals surface area contributed by atoms with E-state index in [1.807, 2.05) is 30.5 Å². The van der Waals surface area contributed by atoms with Crippen molar-refractivity contribution in [3.05, 3.63) is 57.5 Å². The second kappa shape index (κ2) is 6.46. The Morgan fingerprint density at radius 2 is 1.89 bits per heavy atom. The molecule has 0 bridgehead atoms. The van der Waals surface area contributed by atoms with E-state index in [9.17, 15) is 4.79 Å². The fourth-order valence-electron chi connectivity index (χ4n) is 1.52. The second-order valence-corrected chi connectivity index (χ2v) is 5.95. The van der Waals surface area contributed by atoms with Crippen LogP contribution < -0.4 is 5.32 Å². The van der Waals surface area contributed by atoms with Gasteiger partial charge in [0.05, 0.1) is 5.02 Å². The molecule has 0 saturated carbocycles. The van der Waals surface area contributed by atoms with E-state index in [0.29, 0.717) is 16.3 Å². The molecule has 0 saturated heterocycles. The Labute approximate surface area is 129 Å². The lowest BCUT2D eigenvalue weighted by Gasteiger charge is -2.07. The van der Waals surface area contributed by atoms with E-state index in [4.69, 9.17) is 11.6 Å². The third-order valence-electron chi connectivity index (χ3n) is 2.53. The molecule has 0 spiro atoms. The number of benzene rings is 2. The van der Waals surface area contributed by atoms with Gasteiger partial charge in [0.15, 0.2) is 0 Å². The molecule has 0 atom stereocenters. The SMILES string of the molecule is CSc1ccc(C(=O)Nc2ccc(Br)c(Cl)c2)cc1. The first-order valence-corrected chi connectivity index (χ1v) is 7.90. The molecule has 0 fully saturated rings. The summed E-state index contributed by atoms with van der Waals surface area (Å²) in [5.41, 5.74) is 1.30. The summed E-state index contributed by atoms with van der Waals surface area (Å²) < 4.78 is 0.802. The van der Waals surface area contributed by atoms with Crippen LogP contribution in [0.4, 0.5) is 5.69 Å². The van der Waals surface area contributed by atoms with E-state index in [0.717, 1.165) is 9.37 Å². The van der Waals surface area contributed by atoms with Crippen molar-refractivity contribution < 1.29 is 4.79 Å². The van der Waals surface area contributed by atoms with Crippen molar-refractivity contribution in [2.24, 2.45) is 0 Å². The number of nitrogens with one attached hydrogen (secondary N) is 1. The number of carbonyl (C=O) groups is 1. The van der Waals surface area contributed by atoms with Gasteiger partial charge in [0.1, 0.15) is 0 Å². The predicted molar refractivity (Wildman–Crippen MR) is 85.3 cm³/mol. The van der Waals surface area contributed by atoms with Crippen LogP contribution in [-0.4, -0.2) is 12.2 Å². The maximum absolute atomic E-state index is 12.0. The van der Waals surface area contributed by atoms with Crippen molar-refractivity contribution in [2.75, 3.05) is 11.6 Å². The summed E-state index contributed by atoms with van der Waals surface area (Å²) in [7, 11) is 0. The highest BCUT2D eigenvalue weighted by Gasteiger charge is 2.07. The van der Waals surface area contributed by atoms with Gasteiger partial charge in [-0.3, -0.25) is 4.79 Å². The van der Waals surface area contributed by atoms with Crippen LogP contribution in [0.2, 0.25) is 5.02 Å². The van der Waals surface area contributed by atoms with Gasteiger partial charge in [0.25, 0.3) is 5.91 Å². The van der Waals surface area contributed by atoms with Crippen LogP contribution in [0, 0.1) is 0 Å². The largest absolute Gasteiger partial charge is 0.322 e. The molecule has 19 heavy (non-hydrogen) atoms. The summed E-state index contributed by atoms with van der Waals surface area (Å²) >= 11 is 10.9.